The van der Waals surface area contributed by atoms with Crippen LogP contribution in [0.1, 0.15) is 30.1 Å². The molecule has 0 spiro atoms. The molecule has 3 N–H and O–H groups in total. The van der Waals surface area contributed by atoms with E-state index in [9.17, 15) is 9.18 Å². The van der Waals surface area contributed by atoms with Gasteiger partial charge in [0.05, 0.1) is 12.1 Å². The van der Waals surface area contributed by atoms with E-state index in [-0.39, 0.29) is 24.1 Å². The number of aromatic nitrogens is 4. The van der Waals surface area contributed by atoms with Crippen molar-refractivity contribution in [1.29, 1.82) is 0 Å². The number of benzene rings is 2. The number of para-hydroxylation sites is 1. The van der Waals surface area contributed by atoms with Crippen molar-refractivity contribution in [3.05, 3.63) is 84.2 Å². The average Bonchev–Trinajstić information content (AvgIpc) is 3.48. The van der Waals surface area contributed by atoms with E-state index in [1.807, 2.05) is 33.7 Å². The fourth-order valence-electron chi connectivity index (χ4n) is 5.04. The summed E-state index contributed by atoms with van der Waals surface area (Å²) in [4.78, 5) is 27.5. The summed E-state index contributed by atoms with van der Waals surface area (Å²) in [5, 5.41) is 1.11. The molecular weight excluding hydrogens is 443 g/mol. The van der Waals surface area contributed by atoms with Crippen LogP contribution in [0.4, 0.5) is 10.2 Å². The quantitative estimate of drug-likeness (QED) is 0.405. The van der Waals surface area contributed by atoms with Crippen molar-refractivity contribution in [3.8, 4) is 11.4 Å². The molecule has 1 aliphatic heterocycles. The highest BCUT2D eigenvalue weighted by molar-refractivity contribution is 5.91. The Bertz CT molecular complexity index is 1500. The van der Waals surface area contributed by atoms with Crippen LogP contribution in [-0.4, -0.2) is 43.2 Å². The smallest absolute Gasteiger partial charge is 0.226 e. The number of fused-ring (bicyclic) bond motifs is 2. The molecule has 1 saturated heterocycles. The minimum atomic E-state index is -0.295. The Balaban J connectivity index is 1.26. The topological polar surface area (TPSA) is 92.3 Å². The number of H-pyrrole nitrogens is 1. The van der Waals surface area contributed by atoms with E-state index in [2.05, 4.69) is 22.1 Å². The van der Waals surface area contributed by atoms with Crippen molar-refractivity contribution in [1.82, 2.24) is 24.3 Å². The summed E-state index contributed by atoms with van der Waals surface area (Å²) in [5.41, 5.74) is 10.7. The van der Waals surface area contributed by atoms with Gasteiger partial charge in [-0.3, -0.25) is 9.20 Å². The van der Waals surface area contributed by atoms with Crippen molar-refractivity contribution in [2.45, 2.75) is 25.2 Å². The summed E-state index contributed by atoms with van der Waals surface area (Å²) in [7, 11) is 0. The molecule has 1 amide bonds. The SMILES string of the molecule is Nc1nccn2c(C3CCN(C(=O)Cc4ccc(F)cc4)CC3)nc(-c3cc4ccccc4[nH]3)c12. The lowest BCUT2D eigenvalue weighted by molar-refractivity contribution is -0.131. The van der Waals surface area contributed by atoms with Crippen LogP contribution in [0.25, 0.3) is 27.8 Å². The van der Waals surface area contributed by atoms with Crippen LogP contribution in [0.15, 0.2) is 67.0 Å². The minimum Gasteiger partial charge on any atom is -0.382 e. The first-order valence-electron chi connectivity index (χ1n) is 11.8. The number of amides is 1. The van der Waals surface area contributed by atoms with E-state index in [1.165, 1.54) is 12.1 Å². The zero-order chi connectivity index (χ0) is 23.9. The third-order valence-electron chi connectivity index (χ3n) is 6.88. The van der Waals surface area contributed by atoms with Crippen molar-refractivity contribution in [3.63, 3.8) is 0 Å². The second-order valence-electron chi connectivity index (χ2n) is 9.08. The van der Waals surface area contributed by atoms with Crippen LogP contribution < -0.4 is 5.73 Å². The molecule has 0 unspecified atom stereocenters. The number of imidazole rings is 1. The lowest BCUT2D eigenvalue weighted by Gasteiger charge is -2.31. The van der Waals surface area contributed by atoms with Crippen LogP contribution in [0, 0.1) is 5.82 Å². The van der Waals surface area contributed by atoms with Gasteiger partial charge in [0.2, 0.25) is 5.91 Å². The molecule has 6 rings (SSSR count). The van der Waals surface area contributed by atoms with Gasteiger partial charge in [0.1, 0.15) is 28.7 Å². The lowest BCUT2D eigenvalue weighted by Crippen LogP contribution is -2.39. The third kappa shape index (κ3) is 3.90. The molecule has 0 radical (unpaired) electrons. The summed E-state index contributed by atoms with van der Waals surface area (Å²) < 4.78 is 15.2. The second-order valence-corrected chi connectivity index (χ2v) is 9.08. The molecule has 176 valence electrons. The summed E-state index contributed by atoms with van der Waals surface area (Å²) >= 11 is 0. The predicted octanol–water partition coefficient (Wildman–Crippen LogP) is 4.55. The monoisotopic (exact) mass is 468 g/mol. The van der Waals surface area contributed by atoms with Gasteiger partial charge in [0.15, 0.2) is 0 Å². The van der Waals surface area contributed by atoms with Gasteiger partial charge in [0.25, 0.3) is 0 Å². The first-order valence-corrected chi connectivity index (χ1v) is 11.8. The van der Waals surface area contributed by atoms with Crippen LogP contribution in [-0.2, 0) is 11.2 Å². The van der Waals surface area contributed by atoms with Gasteiger partial charge in [-0.1, -0.05) is 30.3 Å². The van der Waals surface area contributed by atoms with E-state index in [4.69, 9.17) is 10.7 Å². The van der Waals surface area contributed by atoms with Crippen LogP contribution in [0.5, 0.6) is 0 Å². The molecule has 8 heteroatoms. The molecule has 1 fully saturated rings. The van der Waals surface area contributed by atoms with E-state index in [0.29, 0.717) is 18.9 Å². The number of nitrogens with two attached hydrogens (primary N) is 1. The number of anilines is 1. The van der Waals surface area contributed by atoms with E-state index < -0.39 is 0 Å². The second kappa shape index (κ2) is 8.54. The largest absolute Gasteiger partial charge is 0.382 e. The lowest BCUT2D eigenvalue weighted by atomic mass is 9.95. The molecule has 7 nitrogen and oxygen atoms in total. The summed E-state index contributed by atoms with van der Waals surface area (Å²) in [6.07, 6.45) is 5.51. The van der Waals surface area contributed by atoms with Gasteiger partial charge in [-0.25, -0.2) is 14.4 Å². The number of aromatic amines is 1. The standard InChI is InChI=1S/C27H25FN6O/c28-20-7-5-17(6-8-20)15-23(35)33-12-9-18(10-13-33)27-32-24(25-26(29)30-11-14-34(25)27)22-16-19-3-1-2-4-21(19)31-22/h1-8,11,14,16,18,31H,9-10,12-13,15H2,(H2,29,30). The maximum absolute atomic E-state index is 13.2. The first-order chi connectivity index (χ1) is 17.1. The number of hydrogen-bond donors (Lipinski definition) is 2. The average molecular weight is 469 g/mol. The van der Waals surface area contributed by atoms with E-state index in [1.54, 1.807) is 18.3 Å². The summed E-state index contributed by atoms with van der Waals surface area (Å²) in [6.45, 7) is 1.31. The van der Waals surface area contributed by atoms with Crippen molar-refractivity contribution < 1.29 is 9.18 Å². The van der Waals surface area contributed by atoms with Crippen molar-refractivity contribution >= 4 is 28.1 Å². The number of nitrogens with one attached hydrogen (secondary N) is 1. The number of hydrogen-bond acceptors (Lipinski definition) is 4. The molecule has 0 bridgehead atoms. The fraction of sp³-hybridized carbons (Fsp3) is 0.222. The number of likely N-dealkylation sites (tertiary alicyclic amines) is 1. The normalized spacial score (nSPS) is 14.7. The highest BCUT2D eigenvalue weighted by Gasteiger charge is 2.28. The Morgan fingerprint density at radius 3 is 2.66 bits per heavy atom. The minimum absolute atomic E-state index is 0.0650. The molecule has 2 aromatic carbocycles. The van der Waals surface area contributed by atoms with E-state index in [0.717, 1.165) is 52.0 Å². The van der Waals surface area contributed by atoms with Gasteiger partial charge in [-0.2, -0.15) is 0 Å². The predicted molar refractivity (Wildman–Crippen MR) is 133 cm³/mol. The highest BCUT2D eigenvalue weighted by atomic mass is 19.1. The van der Waals surface area contributed by atoms with Crippen molar-refractivity contribution in [2.24, 2.45) is 0 Å². The summed E-state index contributed by atoms with van der Waals surface area (Å²) in [5.74, 6) is 1.34. The maximum atomic E-state index is 13.2. The van der Waals surface area contributed by atoms with Gasteiger partial charge >= 0.3 is 0 Å². The number of halogens is 1. The molecule has 3 aromatic heterocycles. The van der Waals surface area contributed by atoms with Gasteiger partial charge < -0.3 is 15.6 Å². The number of rotatable bonds is 4. The number of nitrogen functional groups attached to an aromatic ring is 1. The van der Waals surface area contributed by atoms with Crippen LogP contribution in [0.3, 0.4) is 0 Å². The molecule has 0 saturated carbocycles. The van der Waals surface area contributed by atoms with Crippen molar-refractivity contribution in [2.75, 3.05) is 18.8 Å². The molecule has 0 aliphatic carbocycles. The molecular formula is C27H25FN6O. The third-order valence-corrected chi connectivity index (χ3v) is 6.88. The maximum Gasteiger partial charge on any atom is 0.226 e. The van der Waals surface area contributed by atoms with E-state index >= 15 is 0 Å². The molecule has 35 heavy (non-hydrogen) atoms. The number of carbonyl (C=O) groups is 1. The molecule has 1 aliphatic rings. The van der Waals surface area contributed by atoms with Crippen LogP contribution in [0.2, 0.25) is 0 Å². The Morgan fingerprint density at radius 1 is 1.11 bits per heavy atom. The molecule has 4 heterocycles. The highest BCUT2D eigenvalue weighted by Crippen LogP contribution is 2.35. The molecule has 5 aromatic rings. The van der Waals surface area contributed by atoms with Gasteiger partial charge in [0, 0.05) is 42.3 Å². The Morgan fingerprint density at radius 2 is 1.89 bits per heavy atom. The fourth-order valence-corrected chi connectivity index (χ4v) is 5.04. The number of carbonyl (C=O) groups excluding carboxylic acids is 1. The Hall–Kier alpha value is -4.20. The first kappa shape index (κ1) is 21.3. The Labute approximate surface area is 201 Å². The number of nitrogens with zero attached hydrogens (tertiary/aromatic N) is 4. The van der Waals surface area contributed by atoms with Gasteiger partial charge in [-0.05, 0) is 42.7 Å². The summed E-state index contributed by atoms with van der Waals surface area (Å²) in [6, 6.07) is 16.3. The van der Waals surface area contributed by atoms with Crippen LogP contribution >= 0.6 is 0 Å². The number of piperidine rings is 1. The zero-order valence-electron chi connectivity index (χ0n) is 19.1. The van der Waals surface area contributed by atoms with Gasteiger partial charge in [-0.15, -0.1) is 0 Å². The Kier molecular flexibility index (Phi) is 5.21. The zero-order valence-corrected chi connectivity index (χ0v) is 19.1. The molecule has 0 atom stereocenters.